The maximum Gasteiger partial charge on any atom is 0.420 e. The molecular formula is C64H67N15O11S. The van der Waals surface area contributed by atoms with Gasteiger partial charge >= 0.3 is 18.0 Å². The first-order valence-electron chi connectivity index (χ1n) is 28.0. The first-order chi connectivity index (χ1) is 42.5. The summed E-state index contributed by atoms with van der Waals surface area (Å²) >= 11 is 0. The van der Waals surface area contributed by atoms with Crippen LogP contribution in [0.15, 0.2) is 147 Å². The van der Waals surface area contributed by atoms with E-state index in [9.17, 15) is 19.7 Å². The van der Waals surface area contributed by atoms with Gasteiger partial charge in [0.2, 0.25) is 11.6 Å². The summed E-state index contributed by atoms with van der Waals surface area (Å²) in [4.78, 5) is 88.1. The molecule has 0 saturated carbocycles. The SMILES string of the molecule is CC(=O)[O-].CC(C)(C)OC(=O)n1c2ccncc2c2ccc(-c3ccc([N+](=O)[O-])nc3)nc21.CC(C)(C)OC(=O)n1c2ccncc2c2ccc(-c3ccnc([N+](C)(C)C)c3)nc21.CS(=O)(=O)[O-].C[N+](C)(C)c1cc(-c2ccc3c(n2)[nH]c2ccncc23)ccn1. The largest absolute Gasteiger partial charge is 0.748 e. The topological polar surface area (TPSA) is 335 Å². The van der Waals surface area contributed by atoms with E-state index in [1.807, 2.05) is 81.7 Å². The Kier molecular flexibility index (Phi) is 19.1. The van der Waals surface area contributed by atoms with Crippen LogP contribution in [-0.2, 0) is 24.4 Å². The fourth-order valence-corrected chi connectivity index (χ4v) is 9.08. The van der Waals surface area contributed by atoms with Crippen molar-refractivity contribution < 1.29 is 46.9 Å². The molecule has 0 aliphatic rings. The van der Waals surface area contributed by atoms with Crippen molar-refractivity contribution in [3.05, 3.63) is 157 Å². The number of rotatable bonds is 6. The van der Waals surface area contributed by atoms with Crippen LogP contribution in [0.2, 0.25) is 0 Å². The lowest BCUT2D eigenvalue weighted by atomic mass is 10.1. The lowest BCUT2D eigenvalue weighted by Crippen LogP contribution is -2.35. The zero-order valence-corrected chi connectivity index (χ0v) is 53.3. The van der Waals surface area contributed by atoms with E-state index in [0.717, 1.165) is 90.1 Å². The van der Waals surface area contributed by atoms with E-state index in [1.54, 1.807) is 76.2 Å². The lowest BCUT2D eigenvalue weighted by molar-refractivity contribution is -0.389. The number of pyridine rings is 9. The molecule has 27 heteroatoms. The Balaban J connectivity index is 0.000000166. The first-order valence-corrected chi connectivity index (χ1v) is 29.8. The zero-order valence-electron chi connectivity index (χ0n) is 52.5. The minimum absolute atomic E-state index is 0.247. The standard InChI is InChI=1S/C23H26N5O2.C20H17N5O4.C18H18N5.C2H4O2.CH4O3S/c1-23(2,3)30-22(29)27-19-10-11-24-14-17(19)16-7-8-18(26-21(16)27)15-9-12-25-20(13-15)28(4,5)6;1-20(2,3)29-19(26)24-16-8-9-21-11-14(16)13-5-6-15(23-18(13)24)12-4-7-17(22-10-12)25(27)28;1-23(2,3)17-10-12(6-9-20-17)15-5-4-13-14-11-19-8-7-16(14)22-18(13)21-15;1-2(3)4;1-5(2,3)4/h7-14H,1-6H3;4-11H,1-3H3;4-11H,1-3H3,(H,21,22);1H3,(H,3,4);1H3,(H,2,3,4)/q+1;;+1;;/p-2. The highest BCUT2D eigenvalue weighted by molar-refractivity contribution is 7.84. The highest BCUT2D eigenvalue weighted by Gasteiger charge is 2.26. The number of carboxylic acids is 1. The fraction of sp³-hybridized carbons (Fsp3) is 0.250. The van der Waals surface area contributed by atoms with Crippen LogP contribution in [0.3, 0.4) is 0 Å². The van der Waals surface area contributed by atoms with Gasteiger partial charge in [0.25, 0.3) is 0 Å². The maximum absolute atomic E-state index is 13.1. The number of aromatic amines is 1. The Hall–Kier alpha value is -10.6. The number of H-pyrrole nitrogens is 1. The average molecular weight is 1250 g/mol. The van der Waals surface area contributed by atoms with Crippen LogP contribution >= 0.6 is 0 Å². The Morgan fingerprint density at radius 2 is 0.945 bits per heavy atom. The van der Waals surface area contributed by atoms with Crippen LogP contribution in [0.25, 0.3) is 99.6 Å². The van der Waals surface area contributed by atoms with E-state index in [1.165, 1.54) is 21.4 Å². The molecule has 12 heterocycles. The summed E-state index contributed by atoms with van der Waals surface area (Å²) in [5.74, 6) is 0.597. The molecule has 0 aromatic carbocycles. The highest BCUT2D eigenvalue weighted by Crippen LogP contribution is 2.34. The summed E-state index contributed by atoms with van der Waals surface area (Å²) < 4.78 is 42.7. The molecule has 12 aromatic rings. The third-order valence-corrected chi connectivity index (χ3v) is 12.9. The number of ether oxygens (including phenoxy) is 2. The minimum Gasteiger partial charge on any atom is -0.748 e. The third-order valence-electron chi connectivity index (χ3n) is 12.9. The Morgan fingerprint density at radius 3 is 1.35 bits per heavy atom. The maximum atomic E-state index is 13.1. The molecule has 12 rings (SSSR count). The Morgan fingerprint density at radius 1 is 0.538 bits per heavy atom. The summed E-state index contributed by atoms with van der Waals surface area (Å²) in [5, 5.41) is 25.1. The number of aromatic nitrogens is 12. The van der Waals surface area contributed by atoms with Gasteiger partial charge in [0.1, 0.15) is 23.0 Å². The molecule has 0 atom stereocenters. The Bertz CT molecular complexity index is 4820. The third kappa shape index (κ3) is 16.6. The van der Waals surface area contributed by atoms with Gasteiger partial charge in [-0.2, -0.15) is 0 Å². The molecule has 0 bridgehead atoms. The summed E-state index contributed by atoms with van der Waals surface area (Å²) in [6.07, 6.45) is 15.0. The molecular weight excluding hydrogens is 1190 g/mol. The zero-order chi connectivity index (χ0) is 66.5. The number of hydrogen-bond acceptors (Lipinski definition) is 20. The van der Waals surface area contributed by atoms with Crippen molar-refractivity contribution >= 4 is 112 Å². The number of nitrogens with zero attached hydrogens (tertiary/aromatic N) is 14. The van der Waals surface area contributed by atoms with Crippen LogP contribution in [0, 0.1) is 10.1 Å². The molecule has 0 amide bonds. The summed E-state index contributed by atoms with van der Waals surface area (Å²) in [7, 11) is 8.59. The van der Waals surface area contributed by atoms with E-state index >= 15 is 0 Å². The van der Waals surface area contributed by atoms with Crippen LogP contribution in [-0.4, -0.2) is 155 Å². The van der Waals surface area contributed by atoms with Gasteiger partial charge in [-0.25, -0.2) is 52.1 Å². The Labute approximate surface area is 523 Å². The van der Waals surface area contributed by atoms with Crippen molar-refractivity contribution in [1.29, 1.82) is 0 Å². The molecule has 1 N–H and O–H groups in total. The summed E-state index contributed by atoms with van der Waals surface area (Å²) in [6, 6.07) is 28.1. The normalized spacial score (nSPS) is 11.8. The van der Waals surface area contributed by atoms with Gasteiger partial charge in [0.15, 0.2) is 11.3 Å². The monoisotopic (exact) mass is 1250 g/mol. The smallest absolute Gasteiger partial charge is 0.420 e. The van der Waals surface area contributed by atoms with E-state index in [4.69, 9.17) is 42.3 Å². The van der Waals surface area contributed by atoms with Crippen molar-refractivity contribution in [3.63, 3.8) is 0 Å². The summed E-state index contributed by atoms with van der Waals surface area (Å²) in [6.45, 7) is 11.9. The first kappa shape index (κ1) is 66.3. The van der Waals surface area contributed by atoms with Crippen molar-refractivity contribution in [3.8, 4) is 33.8 Å². The number of carbonyl (C=O) groups is 3. The molecule has 0 fully saturated rings. The van der Waals surface area contributed by atoms with Gasteiger partial charge in [0.05, 0.1) is 86.0 Å². The van der Waals surface area contributed by atoms with Crippen LogP contribution in [0.1, 0.15) is 48.5 Å². The van der Waals surface area contributed by atoms with Crippen molar-refractivity contribution in [2.24, 2.45) is 0 Å². The van der Waals surface area contributed by atoms with Crippen molar-refractivity contribution in [2.45, 2.75) is 59.7 Å². The molecule has 0 spiro atoms. The molecule has 0 saturated heterocycles. The quantitative estimate of drug-likeness (QED) is 0.0699. The second-order valence-electron chi connectivity index (χ2n) is 24.4. The number of nitrogens with one attached hydrogen (secondary N) is 1. The van der Waals surface area contributed by atoms with Gasteiger partial charge in [-0.15, -0.1) is 0 Å². The predicted octanol–water partition coefficient (Wildman–Crippen LogP) is 10.3. The predicted molar refractivity (Wildman–Crippen MR) is 347 cm³/mol. The molecule has 470 valence electrons. The second kappa shape index (κ2) is 26.2. The van der Waals surface area contributed by atoms with Crippen LogP contribution in [0.4, 0.5) is 27.0 Å². The van der Waals surface area contributed by atoms with Crippen LogP contribution in [0.5, 0.6) is 0 Å². The van der Waals surface area contributed by atoms with Gasteiger partial charge in [0, 0.05) is 129 Å². The number of nitro groups is 1. The van der Waals surface area contributed by atoms with Crippen molar-refractivity contribution in [1.82, 2.24) is 67.9 Å². The summed E-state index contributed by atoms with van der Waals surface area (Å²) in [5.41, 5.74) is 7.81. The van der Waals surface area contributed by atoms with E-state index in [2.05, 4.69) is 100 Å². The molecule has 0 unspecified atom stereocenters. The average Bonchev–Trinajstić information content (AvgIpc) is 1.62. The van der Waals surface area contributed by atoms with E-state index < -0.39 is 44.4 Å². The minimum atomic E-state index is -3.92. The molecule has 12 aromatic heterocycles. The van der Waals surface area contributed by atoms with E-state index in [0.29, 0.717) is 43.3 Å². The number of quaternary nitrogens is 2. The number of carbonyl (C=O) groups excluding carboxylic acids is 3. The lowest BCUT2D eigenvalue weighted by Gasteiger charge is -2.22. The van der Waals surface area contributed by atoms with Gasteiger partial charge in [-0.3, -0.25) is 23.9 Å². The second-order valence-corrected chi connectivity index (χ2v) is 25.8. The molecule has 26 nitrogen and oxygen atoms in total. The number of aliphatic carboxylic acids is 1. The van der Waals surface area contributed by atoms with E-state index in [-0.39, 0.29) is 5.82 Å². The number of fused-ring (bicyclic) bond motifs is 9. The van der Waals surface area contributed by atoms with Gasteiger partial charge < -0.3 is 39.0 Å². The highest BCUT2D eigenvalue weighted by atomic mass is 32.2. The number of hydrogen-bond donors (Lipinski definition) is 1. The molecule has 91 heavy (non-hydrogen) atoms. The van der Waals surface area contributed by atoms with Crippen molar-refractivity contribution in [2.75, 3.05) is 48.5 Å². The molecule has 0 aliphatic carbocycles. The molecule has 0 aliphatic heterocycles. The van der Waals surface area contributed by atoms with Gasteiger partial charge in [-0.05, 0) is 131 Å². The molecule has 0 radical (unpaired) electrons. The van der Waals surface area contributed by atoms with Crippen LogP contribution < -0.4 is 14.1 Å². The number of carboxylic acid groups (broad SMARTS) is 1. The van der Waals surface area contributed by atoms with Gasteiger partial charge in [-0.1, -0.05) is 0 Å². The fourth-order valence-electron chi connectivity index (χ4n) is 9.08.